The summed E-state index contributed by atoms with van der Waals surface area (Å²) < 4.78 is 0. The molecule has 0 nitrogen and oxygen atoms in total. The predicted octanol–water partition coefficient (Wildman–Crippen LogP) is 13.0. The molecule has 0 aliphatic rings. The Morgan fingerprint density at radius 1 is 0.277 bits per heavy atom. The van der Waals surface area contributed by atoms with Crippen LogP contribution in [0.15, 0.2) is 182 Å². The van der Waals surface area contributed by atoms with Crippen molar-refractivity contribution >= 4 is 21.5 Å². The van der Waals surface area contributed by atoms with Crippen molar-refractivity contribution in [2.24, 2.45) is 0 Å². The molecule has 0 spiro atoms. The normalized spacial score (nSPS) is 11.6. The molecule has 0 aromatic heterocycles. The molecule has 0 saturated carbocycles. The van der Waals surface area contributed by atoms with E-state index in [1.807, 2.05) is 0 Å². The van der Waals surface area contributed by atoms with Gasteiger partial charge in [0.25, 0.3) is 0 Å². The Morgan fingerprint density at radius 2 is 0.617 bits per heavy atom. The number of rotatable bonds is 6. The maximum Gasteiger partial charge on any atom is 0.0146 e. The van der Waals surface area contributed by atoms with Gasteiger partial charge in [-0.15, -0.1) is 0 Å². The standard InChI is InChI=1S/C47H36/c1-47(2,39-21-7-4-8-22-39)40-29-27-34(28-30-40)36-18-14-20-38(32-36)46-43-25-11-9-23-41(43)45(42-24-10-12-26-44(42)46)37-19-13-17-35(31-37)33-15-5-3-6-16-33/h3-32H,1-2H3. The number of benzene rings is 8. The third-order valence-corrected chi connectivity index (χ3v) is 9.78. The Hall–Kier alpha value is -5.72. The van der Waals surface area contributed by atoms with Crippen LogP contribution in [-0.4, -0.2) is 0 Å². The van der Waals surface area contributed by atoms with E-state index in [-0.39, 0.29) is 5.41 Å². The Morgan fingerprint density at radius 3 is 1.09 bits per heavy atom. The third-order valence-electron chi connectivity index (χ3n) is 9.78. The van der Waals surface area contributed by atoms with Crippen molar-refractivity contribution in [1.29, 1.82) is 0 Å². The molecule has 0 heterocycles. The van der Waals surface area contributed by atoms with Crippen LogP contribution in [0.25, 0.3) is 66.1 Å². The quantitative estimate of drug-likeness (QED) is 0.167. The highest BCUT2D eigenvalue weighted by Gasteiger charge is 2.23. The van der Waals surface area contributed by atoms with Gasteiger partial charge in [-0.2, -0.15) is 0 Å². The Bertz CT molecular complexity index is 2290. The van der Waals surface area contributed by atoms with E-state index in [1.54, 1.807) is 0 Å². The minimum absolute atomic E-state index is 0.0676. The lowest BCUT2D eigenvalue weighted by Crippen LogP contribution is -2.18. The highest BCUT2D eigenvalue weighted by Crippen LogP contribution is 2.45. The Kier molecular flexibility index (Phi) is 7.27. The van der Waals surface area contributed by atoms with Gasteiger partial charge >= 0.3 is 0 Å². The molecule has 47 heavy (non-hydrogen) atoms. The van der Waals surface area contributed by atoms with Gasteiger partial charge in [0.15, 0.2) is 0 Å². The average molecular weight is 601 g/mol. The van der Waals surface area contributed by atoms with Crippen LogP contribution >= 0.6 is 0 Å². The summed E-state index contributed by atoms with van der Waals surface area (Å²) in [7, 11) is 0. The van der Waals surface area contributed by atoms with Gasteiger partial charge in [-0.05, 0) is 89.3 Å². The van der Waals surface area contributed by atoms with Gasteiger partial charge in [-0.3, -0.25) is 0 Å². The smallest absolute Gasteiger partial charge is 0.0146 e. The van der Waals surface area contributed by atoms with Crippen molar-refractivity contribution in [3.63, 3.8) is 0 Å². The summed E-state index contributed by atoms with van der Waals surface area (Å²) in [5, 5.41) is 5.07. The van der Waals surface area contributed by atoms with Gasteiger partial charge in [0.05, 0.1) is 0 Å². The lowest BCUT2D eigenvalue weighted by molar-refractivity contribution is 0.641. The van der Waals surface area contributed by atoms with Crippen LogP contribution in [0.4, 0.5) is 0 Å². The first-order valence-electron chi connectivity index (χ1n) is 16.4. The van der Waals surface area contributed by atoms with Crippen molar-refractivity contribution < 1.29 is 0 Å². The maximum atomic E-state index is 2.36. The molecule has 0 radical (unpaired) electrons. The maximum absolute atomic E-state index is 2.36. The predicted molar refractivity (Wildman–Crippen MR) is 202 cm³/mol. The van der Waals surface area contributed by atoms with E-state index in [0.29, 0.717) is 0 Å². The highest BCUT2D eigenvalue weighted by atomic mass is 14.3. The first-order chi connectivity index (χ1) is 23.1. The molecule has 0 heteroatoms. The zero-order chi connectivity index (χ0) is 31.8. The monoisotopic (exact) mass is 600 g/mol. The van der Waals surface area contributed by atoms with Crippen molar-refractivity contribution in [3.05, 3.63) is 193 Å². The molecule has 0 unspecified atom stereocenters. The summed E-state index contributed by atoms with van der Waals surface area (Å²) in [4.78, 5) is 0. The molecule has 0 aliphatic carbocycles. The number of fused-ring (bicyclic) bond motifs is 2. The lowest BCUT2D eigenvalue weighted by atomic mass is 9.78. The van der Waals surface area contributed by atoms with E-state index in [1.165, 1.54) is 77.2 Å². The first kappa shape index (κ1) is 28.7. The average Bonchev–Trinajstić information content (AvgIpc) is 3.14. The van der Waals surface area contributed by atoms with Gasteiger partial charge in [-0.25, -0.2) is 0 Å². The molecule has 0 atom stereocenters. The van der Waals surface area contributed by atoms with E-state index < -0.39 is 0 Å². The molecule has 0 amide bonds. The van der Waals surface area contributed by atoms with Crippen LogP contribution < -0.4 is 0 Å². The minimum atomic E-state index is -0.0676. The fourth-order valence-corrected chi connectivity index (χ4v) is 7.19. The van der Waals surface area contributed by atoms with E-state index in [0.717, 1.165) is 0 Å². The van der Waals surface area contributed by atoms with Gasteiger partial charge in [0, 0.05) is 5.41 Å². The topological polar surface area (TPSA) is 0 Å². The zero-order valence-electron chi connectivity index (χ0n) is 26.8. The second kappa shape index (κ2) is 11.9. The molecule has 0 aliphatic heterocycles. The first-order valence-corrected chi connectivity index (χ1v) is 16.4. The number of hydrogen-bond donors (Lipinski definition) is 0. The van der Waals surface area contributed by atoms with Gasteiger partial charge in [-0.1, -0.05) is 184 Å². The van der Waals surface area contributed by atoms with E-state index in [9.17, 15) is 0 Å². The Labute approximate surface area is 277 Å². The molecule has 0 N–H and O–H groups in total. The summed E-state index contributed by atoms with van der Waals surface area (Å²) in [5.41, 5.74) is 12.5. The van der Waals surface area contributed by atoms with E-state index >= 15 is 0 Å². The van der Waals surface area contributed by atoms with Crippen molar-refractivity contribution in [2.75, 3.05) is 0 Å². The van der Waals surface area contributed by atoms with Crippen LogP contribution in [0.5, 0.6) is 0 Å². The van der Waals surface area contributed by atoms with Crippen LogP contribution in [0.3, 0.4) is 0 Å². The SMILES string of the molecule is CC(C)(c1ccccc1)c1ccc(-c2cccc(-c3c4ccccc4c(-c4cccc(-c5ccccc5)c4)c4ccccc34)c2)cc1. The van der Waals surface area contributed by atoms with Crippen molar-refractivity contribution in [1.82, 2.24) is 0 Å². The second-order valence-corrected chi connectivity index (χ2v) is 12.9. The van der Waals surface area contributed by atoms with Crippen LogP contribution in [0, 0.1) is 0 Å². The summed E-state index contributed by atoms with van der Waals surface area (Å²) >= 11 is 0. The van der Waals surface area contributed by atoms with Gasteiger partial charge < -0.3 is 0 Å². The molecule has 0 saturated heterocycles. The fourth-order valence-electron chi connectivity index (χ4n) is 7.19. The van der Waals surface area contributed by atoms with Crippen LogP contribution in [0.2, 0.25) is 0 Å². The van der Waals surface area contributed by atoms with E-state index in [4.69, 9.17) is 0 Å². The molecule has 8 aromatic rings. The van der Waals surface area contributed by atoms with Crippen molar-refractivity contribution in [3.8, 4) is 44.5 Å². The summed E-state index contributed by atoms with van der Waals surface area (Å²) in [6, 6.07) is 66.4. The molecule has 0 fully saturated rings. The van der Waals surface area contributed by atoms with E-state index in [2.05, 4.69) is 196 Å². The lowest BCUT2D eigenvalue weighted by Gasteiger charge is -2.26. The molecular formula is C47H36. The summed E-state index contributed by atoms with van der Waals surface area (Å²) in [6.07, 6.45) is 0. The number of hydrogen-bond acceptors (Lipinski definition) is 0. The van der Waals surface area contributed by atoms with Crippen LogP contribution in [-0.2, 0) is 5.41 Å². The summed E-state index contributed by atoms with van der Waals surface area (Å²) in [5.74, 6) is 0. The molecular weight excluding hydrogens is 565 g/mol. The summed E-state index contributed by atoms with van der Waals surface area (Å²) in [6.45, 7) is 4.60. The molecule has 8 aromatic carbocycles. The largest absolute Gasteiger partial charge is 0.0622 e. The molecule has 224 valence electrons. The van der Waals surface area contributed by atoms with Crippen LogP contribution in [0.1, 0.15) is 25.0 Å². The fraction of sp³-hybridized carbons (Fsp3) is 0.0638. The van der Waals surface area contributed by atoms with Crippen molar-refractivity contribution in [2.45, 2.75) is 19.3 Å². The molecule has 8 rings (SSSR count). The highest BCUT2D eigenvalue weighted by molar-refractivity contribution is 6.21. The second-order valence-electron chi connectivity index (χ2n) is 12.9. The third kappa shape index (κ3) is 5.23. The van der Waals surface area contributed by atoms with Gasteiger partial charge in [0.2, 0.25) is 0 Å². The minimum Gasteiger partial charge on any atom is -0.0622 e. The zero-order valence-corrected chi connectivity index (χ0v) is 26.8. The Balaban J connectivity index is 1.26. The molecule has 0 bridgehead atoms. The van der Waals surface area contributed by atoms with Gasteiger partial charge in [0.1, 0.15) is 0 Å².